The van der Waals surface area contributed by atoms with Crippen LogP contribution in [-0.2, 0) is 32.2 Å². The largest absolute Gasteiger partial charge is 0.371 e. The molecule has 3 N–H and O–H groups in total. The average molecular weight is 493 g/mol. The van der Waals surface area contributed by atoms with Gasteiger partial charge in [-0.05, 0) is 63.9 Å². The van der Waals surface area contributed by atoms with Crippen LogP contribution in [0.5, 0.6) is 0 Å². The van der Waals surface area contributed by atoms with Crippen LogP contribution in [0.2, 0.25) is 0 Å². The Labute approximate surface area is 211 Å². The molecule has 0 radical (unpaired) electrons. The van der Waals surface area contributed by atoms with Crippen molar-refractivity contribution in [2.75, 3.05) is 10.6 Å². The van der Waals surface area contributed by atoms with Crippen molar-refractivity contribution in [1.29, 1.82) is 0 Å². The van der Waals surface area contributed by atoms with Crippen molar-refractivity contribution < 1.29 is 14.1 Å². The highest BCUT2D eigenvalue weighted by Gasteiger charge is 2.23. The fourth-order valence-corrected chi connectivity index (χ4v) is 4.49. The second kappa shape index (κ2) is 10.8. The first kappa shape index (κ1) is 26.6. The van der Waals surface area contributed by atoms with E-state index in [1.807, 2.05) is 42.5 Å². The Morgan fingerprint density at radius 3 is 1.83 bits per heavy atom. The molecule has 186 valence electrons. The SMILES string of the molecule is CC(C)(C)c1cc(Nc2ccc(NC(=O)C(O)S(=O)Cc3ccccc3)cc2)cc(C(C)(C)C)c1. The minimum Gasteiger partial charge on any atom is -0.371 e. The van der Waals surface area contributed by atoms with Crippen LogP contribution in [0.4, 0.5) is 17.1 Å². The number of anilines is 3. The molecule has 0 saturated carbocycles. The fourth-order valence-electron chi connectivity index (χ4n) is 3.51. The molecule has 2 atom stereocenters. The third-order valence-electron chi connectivity index (χ3n) is 5.73. The molecule has 1 amide bonds. The van der Waals surface area contributed by atoms with Gasteiger partial charge in [-0.3, -0.25) is 9.00 Å². The quantitative estimate of drug-likeness (QED) is 0.365. The van der Waals surface area contributed by atoms with Crippen LogP contribution < -0.4 is 10.6 Å². The lowest BCUT2D eigenvalue weighted by Crippen LogP contribution is -2.32. The molecule has 0 aromatic heterocycles. The average Bonchev–Trinajstić information content (AvgIpc) is 2.79. The summed E-state index contributed by atoms with van der Waals surface area (Å²) in [5, 5.41) is 16.3. The van der Waals surface area contributed by atoms with Gasteiger partial charge in [0.2, 0.25) is 5.44 Å². The third kappa shape index (κ3) is 7.51. The smallest absolute Gasteiger partial charge is 0.266 e. The van der Waals surface area contributed by atoms with Gasteiger partial charge in [-0.1, -0.05) is 77.9 Å². The molecule has 6 heteroatoms. The lowest BCUT2D eigenvalue weighted by molar-refractivity contribution is -0.120. The van der Waals surface area contributed by atoms with Gasteiger partial charge in [0.25, 0.3) is 5.91 Å². The molecule has 0 aliphatic rings. The summed E-state index contributed by atoms with van der Waals surface area (Å²) in [4.78, 5) is 12.4. The van der Waals surface area contributed by atoms with Crippen molar-refractivity contribution in [1.82, 2.24) is 0 Å². The Balaban J connectivity index is 1.68. The van der Waals surface area contributed by atoms with E-state index < -0.39 is 22.1 Å². The normalized spacial score (nSPS) is 13.7. The molecule has 3 rings (SSSR count). The molecule has 0 aliphatic carbocycles. The molecular weight excluding hydrogens is 456 g/mol. The molecule has 5 nitrogen and oxygen atoms in total. The minimum absolute atomic E-state index is 0.0211. The zero-order valence-corrected chi connectivity index (χ0v) is 22.2. The molecule has 0 saturated heterocycles. The summed E-state index contributed by atoms with van der Waals surface area (Å²) in [7, 11) is -1.74. The number of benzene rings is 3. The first-order chi connectivity index (χ1) is 16.3. The highest BCUT2D eigenvalue weighted by molar-refractivity contribution is 7.85. The van der Waals surface area contributed by atoms with Crippen molar-refractivity contribution >= 4 is 33.8 Å². The zero-order chi connectivity index (χ0) is 25.8. The van der Waals surface area contributed by atoms with E-state index in [0.29, 0.717) is 5.69 Å². The maximum atomic E-state index is 12.4. The molecule has 3 aromatic rings. The van der Waals surface area contributed by atoms with Gasteiger partial charge in [-0.2, -0.15) is 0 Å². The van der Waals surface area contributed by atoms with Gasteiger partial charge in [0.15, 0.2) is 0 Å². The number of aliphatic hydroxyl groups excluding tert-OH is 1. The van der Waals surface area contributed by atoms with E-state index in [4.69, 9.17) is 0 Å². The molecular formula is C29H36N2O3S. The Kier molecular flexibility index (Phi) is 8.18. The fraction of sp³-hybridized carbons (Fsp3) is 0.345. The van der Waals surface area contributed by atoms with E-state index in [1.54, 1.807) is 12.1 Å². The van der Waals surface area contributed by atoms with Crippen LogP contribution in [0, 0.1) is 0 Å². The minimum atomic E-state index is -1.74. The summed E-state index contributed by atoms with van der Waals surface area (Å²) >= 11 is 0. The number of carbonyl (C=O) groups excluding carboxylic acids is 1. The van der Waals surface area contributed by atoms with E-state index in [9.17, 15) is 14.1 Å². The lowest BCUT2D eigenvalue weighted by Gasteiger charge is -2.26. The molecule has 0 fully saturated rings. The first-order valence-corrected chi connectivity index (χ1v) is 13.1. The van der Waals surface area contributed by atoms with E-state index in [0.717, 1.165) is 16.9 Å². The first-order valence-electron chi connectivity index (χ1n) is 11.8. The van der Waals surface area contributed by atoms with Crippen LogP contribution in [0.25, 0.3) is 0 Å². The topological polar surface area (TPSA) is 78.4 Å². The van der Waals surface area contributed by atoms with E-state index in [-0.39, 0.29) is 16.6 Å². The number of rotatable bonds is 7. The van der Waals surface area contributed by atoms with E-state index >= 15 is 0 Å². The van der Waals surface area contributed by atoms with Gasteiger partial charge in [0.1, 0.15) is 0 Å². The monoisotopic (exact) mass is 492 g/mol. The van der Waals surface area contributed by atoms with Gasteiger partial charge >= 0.3 is 0 Å². The van der Waals surface area contributed by atoms with Crippen molar-refractivity contribution in [2.45, 2.75) is 63.6 Å². The number of hydrogen-bond donors (Lipinski definition) is 3. The lowest BCUT2D eigenvalue weighted by atomic mass is 9.80. The maximum absolute atomic E-state index is 12.4. The Bertz CT molecular complexity index is 1150. The third-order valence-corrected chi connectivity index (χ3v) is 7.06. The number of amides is 1. The summed E-state index contributed by atoms with van der Waals surface area (Å²) in [5.41, 5.74) is 4.16. The van der Waals surface area contributed by atoms with Gasteiger partial charge in [0.05, 0.1) is 16.6 Å². The predicted octanol–water partition coefficient (Wildman–Crippen LogP) is 6.23. The molecule has 35 heavy (non-hydrogen) atoms. The van der Waals surface area contributed by atoms with Crippen LogP contribution in [0.1, 0.15) is 58.2 Å². The maximum Gasteiger partial charge on any atom is 0.266 e. The number of aliphatic hydroxyl groups is 1. The highest BCUT2D eigenvalue weighted by atomic mass is 32.2. The van der Waals surface area contributed by atoms with Crippen molar-refractivity contribution in [3.63, 3.8) is 0 Å². The summed E-state index contributed by atoms with van der Waals surface area (Å²) < 4.78 is 12.4. The second-order valence-electron chi connectivity index (χ2n) is 10.9. The number of hydrogen-bond acceptors (Lipinski definition) is 4. The van der Waals surface area contributed by atoms with Crippen molar-refractivity contribution in [3.05, 3.63) is 89.5 Å². The molecule has 0 spiro atoms. The van der Waals surface area contributed by atoms with E-state index in [2.05, 4.69) is 70.4 Å². The standard InChI is InChI=1S/C29H36N2O3S/c1-28(2,3)21-16-22(29(4,5)6)18-25(17-21)30-23-12-14-24(15-13-23)31-26(32)27(33)35(34)19-20-10-8-7-9-11-20/h7-18,27,30,33H,19H2,1-6H3,(H,31,32). The van der Waals surface area contributed by atoms with Gasteiger partial charge < -0.3 is 15.7 Å². The Hall–Kier alpha value is -2.96. The van der Waals surface area contributed by atoms with Gasteiger partial charge in [-0.15, -0.1) is 0 Å². The van der Waals surface area contributed by atoms with Crippen LogP contribution in [0.3, 0.4) is 0 Å². The molecule has 0 aliphatic heterocycles. The number of carbonyl (C=O) groups is 1. The van der Waals surface area contributed by atoms with Gasteiger partial charge in [-0.25, -0.2) is 0 Å². The number of nitrogens with one attached hydrogen (secondary N) is 2. The molecule has 2 unspecified atom stereocenters. The highest BCUT2D eigenvalue weighted by Crippen LogP contribution is 2.33. The Morgan fingerprint density at radius 2 is 1.31 bits per heavy atom. The summed E-state index contributed by atoms with van der Waals surface area (Å²) in [6.07, 6.45) is 0. The molecule has 0 heterocycles. The molecule has 3 aromatic carbocycles. The van der Waals surface area contributed by atoms with Crippen LogP contribution >= 0.6 is 0 Å². The van der Waals surface area contributed by atoms with E-state index in [1.165, 1.54) is 11.1 Å². The molecule has 0 bridgehead atoms. The predicted molar refractivity (Wildman–Crippen MR) is 146 cm³/mol. The zero-order valence-electron chi connectivity index (χ0n) is 21.4. The van der Waals surface area contributed by atoms with Crippen molar-refractivity contribution in [2.24, 2.45) is 0 Å². The van der Waals surface area contributed by atoms with Crippen LogP contribution in [-0.4, -0.2) is 20.7 Å². The summed E-state index contributed by atoms with van der Waals surface area (Å²) in [6, 6.07) is 23.0. The van der Waals surface area contributed by atoms with Gasteiger partial charge in [0, 0.05) is 17.1 Å². The van der Waals surface area contributed by atoms with Crippen molar-refractivity contribution in [3.8, 4) is 0 Å². The van der Waals surface area contributed by atoms with Crippen LogP contribution in [0.15, 0.2) is 72.8 Å². The second-order valence-corrected chi connectivity index (χ2v) is 12.4. The summed E-state index contributed by atoms with van der Waals surface area (Å²) in [5.74, 6) is -0.574. The summed E-state index contributed by atoms with van der Waals surface area (Å²) in [6.45, 7) is 13.2. The Morgan fingerprint density at radius 1 is 0.800 bits per heavy atom.